The van der Waals surface area contributed by atoms with Crippen LogP contribution in [0.2, 0.25) is 0 Å². The van der Waals surface area contributed by atoms with Crippen molar-refractivity contribution in [3.8, 4) is 0 Å². The molecule has 4 nitrogen and oxygen atoms in total. The standard InChI is InChI=1S/C10H11N3O/c1-4-11-10(12-5-1)13-6-2-9-3-7-14-8-9/h1,3-5,7-8H,2,6H2,(H,11,12,13). The molecule has 0 saturated carbocycles. The first kappa shape index (κ1) is 8.74. The Hall–Kier alpha value is -1.84. The molecule has 4 heteroatoms. The van der Waals surface area contributed by atoms with Crippen molar-refractivity contribution in [2.75, 3.05) is 11.9 Å². The predicted octanol–water partition coefficient (Wildman–Crippen LogP) is 1.72. The van der Waals surface area contributed by atoms with Gasteiger partial charge in [0.25, 0.3) is 0 Å². The Morgan fingerprint density at radius 2 is 2.14 bits per heavy atom. The highest BCUT2D eigenvalue weighted by Crippen LogP contribution is 2.01. The van der Waals surface area contributed by atoms with Crippen molar-refractivity contribution < 1.29 is 4.42 Å². The topological polar surface area (TPSA) is 51.0 Å². The molecule has 2 rings (SSSR count). The van der Waals surface area contributed by atoms with Crippen LogP contribution in [0.15, 0.2) is 41.5 Å². The van der Waals surface area contributed by atoms with Crippen LogP contribution in [-0.2, 0) is 6.42 Å². The summed E-state index contributed by atoms with van der Waals surface area (Å²) in [5, 5.41) is 3.12. The van der Waals surface area contributed by atoms with E-state index in [9.17, 15) is 0 Å². The number of hydrogen-bond acceptors (Lipinski definition) is 4. The summed E-state index contributed by atoms with van der Waals surface area (Å²) >= 11 is 0. The number of rotatable bonds is 4. The molecule has 72 valence electrons. The van der Waals surface area contributed by atoms with Crippen molar-refractivity contribution in [1.29, 1.82) is 0 Å². The third-order valence-corrected chi connectivity index (χ3v) is 1.84. The lowest BCUT2D eigenvalue weighted by atomic mass is 10.2. The molecular formula is C10H11N3O. The summed E-state index contributed by atoms with van der Waals surface area (Å²) < 4.78 is 4.96. The summed E-state index contributed by atoms with van der Waals surface area (Å²) in [4.78, 5) is 8.10. The minimum absolute atomic E-state index is 0.663. The Morgan fingerprint density at radius 3 is 2.86 bits per heavy atom. The predicted molar refractivity (Wildman–Crippen MR) is 52.9 cm³/mol. The van der Waals surface area contributed by atoms with E-state index in [2.05, 4.69) is 15.3 Å². The number of furan rings is 1. The molecule has 1 N–H and O–H groups in total. The van der Waals surface area contributed by atoms with Crippen molar-refractivity contribution in [2.24, 2.45) is 0 Å². The lowest BCUT2D eigenvalue weighted by Gasteiger charge is -2.01. The first-order valence-corrected chi connectivity index (χ1v) is 4.47. The zero-order chi connectivity index (χ0) is 9.64. The summed E-state index contributed by atoms with van der Waals surface area (Å²) in [5.41, 5.74) is 1.17. The summed E-state index contributed by atoms with van der Waals surface area (Å²) in [6, 6.07) is 3.74. The summed E-state index contributed by atoms with van der Waals surface area (Å²) in [7, 11) is 0. The number of nitrogens with one attached hydrogen (secondary N) is 1. The Kier molecular flexibility index (Phi) is 2.76. The Labute approximate surface area is 82.0 Å². The van der Waals surface area contributed by atoms with Crippen LogP contribution in [0.3, 0.4) is 0 Å². The molecule has 0 spiro atoms. The third-order valence-electron chi connectivity index (χ3n) is 1.84. The number of aromatic nitrogens is 2. The van der Waals surface area contributed by atoms with Gasteiger partial charge in [-0.05, 0) is 24.1 Å². The van der Waals surface area contributed by atoms with Crippen molar-refractivity contribution in [3.05, 3.63) is 42.6 Å². The SMILES string of the molecule is c1cnc(NCCc2ccoc2)nc1. The molecule has 0 saturated heterocycles. The first-order valence-electron chi connectivity index (χ1n) is 4.47. The highest BCUT2D eigenvalue weighted by molar-refractivity contribution is 5.22. The van der Waals surface area contributed by atoms with Gasteiger partial charge in [-0.3, -0.25) is 0 Å². The molecule has 0 bridgehead atoms. The van der Waals surface area contributed by atoms with E-state index in [1.54, 1.807) is 31.0 Å². The number of hydrogen-bond donors (Lipinski definition) is 1. The van der Waals surface area contributed by atoms with Gasteiger partial charge in [0, 0.05) is 18.9 Å². The summed E-state index contributed by atoms with van der Waals surface area (Å²) in [5.74, 6) is 0.663. The lowest BCUT2D eigenvalue weighted by molar-refractivity contribution is 0.564. The van der Waals surface area contributed by atoms with Crippen molar-refractivity contribution in [2.45, 2.75) is 6.42 Å². The van der Waals surface area contributed by atoms with Crippen LogP contribution >= 0.6 is 0 Å². The van der Waals surface area contributed by atoms with Gasteiger partial charge in [0.05, 0.1) is 12.5 Å². The van der Waals surface area contributed by atoms with E-state index < -0.39 is 0 Å². The molecule has 14 heavy (non-hydrogen) atoms. The van der Waals surface area contributed by atoms with Gasteiger partial charge >= 0.3 is 0 Å². The van der Waals surface area contributed by atoms with E-state index in [4.69, 9.17) is 4.42 Å². The first-order chi connectivity index (χ1) is 6.95. The largest absolute Gasteiger partial charge is 0.472 e. The van der Waals surface area contributed by atoms with Gasteiger partial charge in [0.15, 0.2) is 0 Å². The van der Waals surface area contributed by atoms with Crippen LogP contribution in [0, 0.1) is 0 Å². The maximum atomic E-state index is 4.96. The summed E-state index contributed by atoms with van der Waals surface area (Å²) in [6.07, 6.45) is 7.76. The van der Waals surface area contributed by atoms with Gasteiger partial charge in [-0.1, -0.05) is 0 Å². The van der Waals surface area contributed by atoms with Gasteiger partial charge in [-0.25, -0.2) is 9.97 Å². The van der Waals surface area contributed by atoms with Gasteiger partial charge in [-0.2, -0.15) is 0 Å². The zero-order valence-electron chi connectivity index (χ0n) is 7.68. The molecule has 0 atom stereocenters. The van der Waals surface area contributed by atoms with E-state index in [0.717, 1.165) is 13.0 Å². The van der Waals surface area contributed by atoms with Gasteiger partial charge in [0.1, 0.15) is 0 Å². The van der Waals surface area contributed by atoms with Crippen molar-refractivity contribution >= 4 is 5.95 Å². The monoisotopic (exact) mass is 189 g/mol. The lowest BCUT2D eigenvalue weighted by Crippen LogP contribution is -2.06. The third kappa shape index (κ3) is 2.32. The molecular weight excluding hydrogens is 178 g/mol. The van der Waals surface area contributed by atoms with E-state index in [1.807, 2.05) is 6.07 Å². The fraction of sp³-hybridized carbons (Fsp3) is 0.200. The number of anilines is 1. The molecule has 0 aromatic carbocycles. The normalized spacial score (nSPS) is 10.0. The maximum Gasteiger partial charge on any atom is 0.222 e. The zero-order valence-corrected chi connectivity index (χ0v) is 7.68. The van der Waals surface area contributed by atoms with E-state index in [1.165, 1.54) is 5.56 Å². The Bertz CT molecular complexity index is 358. The molecule has 0 aliphatic rings. The molecule has 0 amide bonds. The summed E-state index contributed by atoms with van der Waals surface area (Å²) in [6.45, 7) is 0.809. The quantitative estimate of drug-likeness (QED) is 0.795. The van der Waals surface area contributed by atoms with Crippen LogP contribution in [0.25, 0.3) is 0 Å². The highest BCUT2D eigenvalue weighted by Gasteiger charge is 1.95. The van der Waals surface area contributed by atoms with Crippen molar-refractivity contribution in [3.63, 3.8) is 0 Å². The second-order valence-electron chi connectivity index (χ2n) is 2.88. The van der Waals surface area contributed by atoms with Crippen LogP contribution in [0.1, 0.15) is 5.56 Å². The van der Waals surface area contributed by atoms with Crippen LogP contribution in [0.5, 0.6) is 0 Å². The molecule has 2 aromatic heterocycles. The molecule has 0 aliphatic heterocycles. The smallest absolute Gasteiger partial charge is 0.222 e. The van der Waals surface area contributed by atoms with Gasteiger partial charge < -0.3 is 9.73 Å². The molecule has 0 aliphatic carbocycles. The van der Waals surface area contributed by atoms with E-state index in [-0.39, 0.29) is 0 Å². The Morgan fingerprint density at radius 1 is 1.29 bits per heavy atom. The molecule has 2 heterocycles. The minimum atomic E-state index is 0.663. The van der Waals surface area contributed by atoms with E-state index >= 15 is 0 Å². The second-order valence-corrected chi connectivity index (χ2v) is 2.88. The molecule has 0 fully saturated rings. The molecule has 0 radical (unpaired) electrons. The molecule has 0 unspecified atom stereocenters. The maximum absolute atomic E-state index is 4.96. The van der Waals surface area contributed by atoms with Gasteiger partial charge in [0.2, 0.25) is 5.95 Å². The Balaban J connectivity index is 1.79. The van der Waals surface area contributed by atoms with Crippen LogP contribution < -0.4 is 5.32 Å². The average molecular weight is 189 g/mol. The fourth-order valence-electron chi connectivity index (χ4n) is 1.14. The fourth-order valence-corrected chi connectivity index (χ4v) is 1.14. The van der Waals surface area contributed by atoms with Crippen LogP contribution in [0.4, 0.5) is 5.95 Å². The highest BCUT2D eigenvalue weighted by atomic mass is 16.3. The molecule has 2 aromatic rings. The van der Waals surface area contributed by atoms with E-state index in [0.29, 0.717) is 5.95 Å². The average Bonchev–Trinajstić information content (AvgIpc) is 2.72. The minimum Gasteiger partial charge on any atom is -0.472 e. The van der Waals surface area contributed by atoms with Crippen LogP contribution in [-0.4, -0.2) is 16.5 Å². The second kappa shape index (κ2) is 4.41. The van der Waals surface area contributed by atoms with Gasteiger partial charge in [-0.15, -0.1) is 0 Å². The number of nitrogens with zero attached hydrogens (tertiary/aromatic N) is 2. The van der Waals surface area contributed by atoms with Crippen molar-refractivity contribution in [1.82, 2.24) is 9.97 Å².